The fourth-order valence-corrected chi connectivity index (χ4v) is 4.02. The Hall–Kier alpha value is -1.65. The number of H-pyrrole nitrogens is 1. The van der Waals surface area contributed by atoms with Crippen molar-refractivity contribution >= 4 is 0 Å². The van der Waals surface area contributed by atoms with Crippen molar-refractivity contribution in [1.29, 1.82) is 0 Å². The van der Waals surface area contributed by atoms with Crippen LogP contribution in [-0.4, -0.2) is 53.0 Å². The minimum Gasteiger partial charge on any atom is -0.345 e. The van der Waals surface area contributed by atoms with E-state index in [1.807, 2.05) is 13.1 Å². The molecule has 2 heterocycles. The van der Waals surface area contributed by atoms with Gasteiger partial charge in [0.25, 0.3) is 0 Å². The number of aromatic nitrogens is 2. The molecule has 2 aromatic rings. The van der Waals surface area contributed by atoms with Gasteiger partial charge in [-0.2, -0.15) is 0 Å². The first-order valence-corrected chi connectivity index (χ1v) is 9.56. The standard InChI is InChI=1S/C21H32N4/c1-17-7-4-5-9-20(17)10-12-25-11-6-8-19(15-25)14-24(3)16-21-13-22-18(2)23-21/h4-5,7,9,13,19H,6,8,10-12,14-16H2,1-3H3,(H,22,23). The van der Waals surface area contributed by atoms with Crippen LogP contribution in [0, 0.1) is 19.8 Å². The molecule has 4 heteroatoms. The van der Waals surface area contributed by atoms with Gasteiger partial charge in [0.15, 0.2) is 0 Å². The zero-order valence-corrected chi connectivity index (χ0v) is 16.0. The van der Waals surface area contributed by atoms with Crippen LogP contribution in [0.15, 0.2) is 30.5 Å². The number of hydrogen-bond acceptors (Lipinski definition) is 3. The molecule has 0 spiro atoms. The minimum atomic E-state index is 0.777. The number of nitrogens with zero attached hydrogens (tertiary/aromatic N) is 3. The molecule has 1 N–H and O–H groups in total. The molecule has 1 aliphatic heterocycles. The van der Waals surface area contributed by atoms with Gasteiger partial charge >= 0.3 is 0 Å². The third-order valence-electron chi connectivity index (χ3n) is 5.33. The van der Waals surface area contributed by atoms with Gasteiger partial charge in [-0.25, -0.2) is 4.98 Å². The maximum Gasteiger partial charge on any atom is 0.103 e. The Morgan fingerprint density at radius 3 is 2.88 bits per heavy atom. The van der Waals surface area contributed by atoms with Crippen LogP contribution in [0.3, 0.4) is 0 Å². The van der Waals surface area contributed by atoms with Gasteiger partial charge in [-0.05, 0) is 63.7 Å². The quantitative estimate of drug-likeness (QED) is 0.839. The molecule has 1 aromatic carbocycles. The summed E-state index contributed by atoms with van der Waals surface area (Å²) in [5.74, 6) is 1.78. The highest BCUT2D eigenvalue weighted by atomic mass is 15.2. The summed E-state index contributed by atoms with van der Waals surface area (Å²) in [6.45, 7) is 10.0. The number of nitrogens with one attached hydrogen (secondary N) is 1. The summed E-state index contributed by atoms with van der Waals surface area (Å²) in [7, 11) is 2.22. The molecule has 0 bridgehead atoms. The topological polar surface area (TPSA) is 35.2 Å². The van der Waals surface area contributed by atoms with Crippen molar-refractivity contribution in [3.63, 3.8) is 0 Å². The summed E-state index contributed by atoms with van der Waals surface area (Å²) < 4.78 is 0. The second-order valence-electron chi connectivity index (χ2n) is 7.68. The Morgan fingerprint density at radius 1 is 1.28 bits per heavy atom. The van der Waals surface area contributed by atoms with Crippen LogP contribution in [0.1, 0.15) is 35.5 Å². The number of aryl methyl sites for hydroxylation is 2. The lowest BCUT2D eigenvalue weighted by Crippen LogP contribution is -2.40. The molecule has 136 valence electrons. The van der Waals surface area contributed by atoms with E-state index in [2.05, 4.69) is 58.0 Å². The molecule has 1 unspecified atom stereocenters. The largest absolute Gasteiger partial charge is 0.345 e. The highest BCUT2D eigenvalue weighted by Crippen LogP contribution is 2.19. The first-order chi connectivity index (χ1) is 12.1. The number of aromatic amines is 1. The summed E-state index contributed by atoms with van der Waals surface area (Å²) in [4.78, 5) is 12.7. The van der Waals surface area contributed by atoms with Crippen LogP contribution in [0.4, 0.5) is 0 Å². The van der Waals surface area contributed by atoms with E-state index in [0.29, 0.717) is 0 Å². The van der Waals surface area contributed by atoms with Gasteiger partial charge < -0.3 is 14.8 Å². The summed E-state index contributed by atoms with van der Waals surface area (Å²) >= 11 is 0. The third-order valence-corrected chi connectivity index (χ3v) is 5.33. The molecule has 0 saturated carbocycles. The highest BCUT2D eigenvalue weighted by molar-refractivity contribution is 5.25. The number of rotatable bonds is 7. The molecule has 1 saturated heterocycles. The van der Waals surface area contributed by atoms with Gasteiger partial charge in [0, 0.05) is 38.1 Å². The van der Waals surface area contributed by atoms with Crippen molar-refractivity contribution in [2.45, 2.75) is 39.7 Å². The second kappa shape index (κ2) is 8.63. The van der Waals surface area contributed by atoms with Gasteiger partial charge in [-0.15, -0.1) is 0 Å². The molecule has 1 atom stereocenters. The number of likely N-dealkylation sites (tertiary alicyclic amines) is 1. The van der Waals surface area contributed by atoms with Crippen molar-refractivity contribution in [2.24, 2.45) is 5.92 Å². The summed E-state index contributed by atoms with van der Waals surface area (Å²) in [6, 6.07) is 8.79. The van der Waals surface area contributed by atoms with Crippen LogP contribution in [0.25, 0.3) is 0 Å². The molecular formula is C21H32N4. The third kappa shape index (κ3) is 5.41. The Morgan fingerprint density at radius 2 is 2.12 bits per heavy atom. The monoisotopic (exact) mass is 340 g/mol. The average molecular weight is 341 g/mol. The highest BCUT2D eigenvalue weighted by Gasteiger charge is 2.21. The van der Waals surface area contributed by atoms with Crippen molar-refractivity contribution in [2.75, 3.05) is 33.2 Å². The molecule has 1 aromatic heterocycles. The Balaban J connectivity index is 1.45. The Labute approximate surface area is 152 Å². The van der Waals surface area contributed by atoms with Gasteiger partial charge in [-0.3, -0.25) is 0 Å². The van der Waals surface area contributed by atoms with E-state index in [1.54, 1.807) is 0 Å². The van der Waals surface area contributed by atoms with Crippen molar-refractivity contribution in [3.8, 4) is 0 Å². The fourth-order valence-electron chi connectivity index (χ4n) is 4.02. The van der Waals surface area contributed by atoms with E-state index in [4.69, 9.17) is 0 Å². The molecular weight excluding hydrogens is 308 g/mol. The number of piperidine rings is 1. The molecule has 0 radical (unpaired) electrons. The van der Waals surface area contributed by atoms with Crippen molar-refractivity contribution in [1.82, 2.24) is 19.8 Å². The smallest absolute Gasteiger partial charge is 0.103 e. The van der Waals surface area contributed by atoms with E-state index >= 15 is 0 Å². The lowest BCUT2D eigenvalue weighted by atomic mass is 9.96. The van der Waals surface area contributed by atoms with Gasteiger partial charge in [0.2, 0.25) is 0 Å². The van der Waals surface area contributed by atoms with Crippen molar-refractivity contribution < 1.29 is 0 Å². The van der Waals surface area contributed by atoms with Crippen LogP contribution < -0.4 is 0 Å². The number of imidazole rings is 1. The van der Waals surface area contributed by atoms with Gasteiger partial charge in [-0.1, -0.05) is 24.3 Å². The van der Waals surface area contributed by atoms with Gasteiger partial charge in [0.1, 0.15) is 5.82 Å². The lowest BCUT2D eigenvalue weighted by Gasteiger charge is -2.34. The molecule has 3 rings (SSSR count). The maximum atomic E-state index is 4.30. The number of hydrogen-bond donors (Lipinski definition) is 1. The second-order valence-corrected chi connectivity index (χ2v) is 7.68. The number of benzene rings is 1. The van der Waals surface area contributed by atoms with E-state index in [0.717, 1.165) is 18.3 Å². The van der Waals surface area contributed by atoms with E-state index in [1.165, 1.54) is 62.3 Å². The molecule has 25 heavy (non-hydrogen) atoms. The predicted molar refractivity (Wildman–Crippen MR) is 104 cm³/mol. The molecule has 0 amide bonds. The molecule has 0 aliphatic carbocycles. The normalized spacial score (nSPS) is 18.8. The van der Waals surface area contributed by atoms with Crippen molar-refractivity contribution in [3.05, 3.63) is 53.1 Å². The summed E-state index contributed by atoms with van der Waals surface area (Å²) in [5, 5.41) is 0. The van der Waals surface area contributed by atoms with E-state index in [-0.39, 0.29) is 0 Å². The van der Waals surface area contributed by atoms with Crippen LogP contribution >= 0.6 is 0 Å². The van der Waals surface area contributed by atoms with E-state index < -0.39 is 0 Å². The van der Waals surface area contributed by atoms with Crippen LogP contribution in [-0.2, 0) is 13.0 Å². The van der Waals surface area contributed by atoms with Gasteiger partial charge in [0.05, 0.1) is 0 Å². The van der Waals surface area contributed by atoms with Crippen LogP contribution in [0.5, 0.6) is 0 Å². The fraction of sp³-hybridized carbons (Fsp3) is 0.571. The predicted octanol–water partition coefficient (Wildman–Crippen LogP) is 3.41. The summed E-state index contributed by atoms with van der Waals surface area (Å²) in [6.07, 6.45) is 5.81. The maximum absolute atomic E-state index is 4.30. The Kier molecular flexibility index (Phi) is 6.27. The first kappa shape index (κ1) is 18.2. The molecule has 4 nitrogen and oxygen atoms in total. The SMILES string of the molecule is Cc1ncc(CN(C)CC2CCCN(CCc3ccccc3C)C2)[nH]1. The Bertz CT molecular complexity index is 663. The molecule has 1 aliphatic rings. The zero-order valence-electron chi connectivity index (χ0n) is 16.0. The minimum absolute atomic E-state index is 0.777. The summed E-state index contributed by atoms with van der Waals surface area (Å²) in [5.41, 5.74) is 4.13. The molecule has 1 fully saturated rings. The van der Waals surface area contributed by atoms with E-state index in [9.17, 15) is 0 Å². The zero-order chi connectivity index (χ0) is 17.6. The first-order valence-electron chi connectivity index (χ1n) is 9.56. The van der Waals surface area contributed by atoms with Crippen LogP contribution in [0.2, 0.25) is 0 Å². The average Bonchev–Trinajstić information content (AvgIpc) is 2.99. The lowest BCUT2D eigenvalue weighted by molar-refractivity contribution is 0.142.